The Kier molecular flexibility index (Phi) is 5.96. The first-order chi connectivity index (χ1) is 15.3. The zero-order valence-electron chi connectivity index (χ0n) is 17.5. The molecule has 0 bridgehead atoms. The Bertz CT molecular complexity index is 1240. The summed E-state index contributed by atoms with van der Waals surface area (Å²) in [5, 5.41) is 5.65. The van der Waals surface area contributed by atoms with E-state index in [0.29, 0.717) is 16.9 Å². The van der Waals surface area contributed by atoms with Gasteiger partial charge in [0.2, 0.25) is 0 Å². The van der Waals surface area contributed by atoms with E-state index in [4.69, 9.17) is 0 Å². The zero-order valence-corrected chi connectivity index (χ0v) is 18.3. The van der Waals surface area contributed by atoms with Crippen LogP contribution in [0.4, 0.5) is 11.4 Å². The van der Waals surface area contributed by atoms with Crippen LogP contribution in [0.15, 0.2) is 83.8 Å². The topological polar surface area (TPSA) is 95.6 Å². The minimum atomic E-state index is -3.83. The highest BCUT2D eigenvalue weighted by Gasteiger charge is 2.24. The summed E-state index contributed by atoms with van der Waals surface area (Å²) < 4.78 is 27.2. The molecule has 3 aromatic rings. The van der Waals surface area contributed by atoms with Gasteiger partial charge < -0.3 is 10.6 Å². The summed E-state index contributed by atoms with van der Waals surface area (Å²) in [6, 6.07) is 21.4. The molecule has 2 N–H and O–H groups in total. The Morgan fingerprint density at radius 2 is 1.53 bits per heavy atom. The van der Waals surface area contributed by atoms with Crippen LogP contribution in [0.1, 0.15) is 33.6 Å². The van der Waals surface area contributed by atoms with Crippen LogP contribution in [0.25, 0.3) is 0 Å². The number of carbonyl (C=O) groups is 2. The van der Waals surface area contributed by atoms with E-state index >= 15 is 0 Å². The molecule has 4 rings (SSSR count). The van der Waals surface area contributed by atoms with Gasteiger partial charge in [0, 0.05) is 29.9 Å². The maximum Gasteiger partial charge on any atom is 0.264 e. The molecular weight excluding hydrogens is 426 g/mol. The first-order valence-corrected chi connectivity index (χ1v) is 11.6. The van der Waals surface area contributed by atoms with Crippen LogP contribution in [-0.4, -0.2) is 33.3 Å². The van der Waals surface area contributed by atoms with Gasteiger partial charge in [0.05, 0.1) is 10.6 Å². The third-order valence-electron chi connectivity index (χ3n) is 5.19. The second-order valence-corrected chi connectivity index (χ2v) is 9.58. The van der Waals surface area contributed by atoms with E-state index < -0.39 is 15.9 Å². The maximum atomic E-state index is 13.0. The van der Waals surface area contributed by atoms with Crippen molar-refractivity contribution in [2.24, 2.45) is 0 Å². The molecule has 0 aromatic heterocycles. The molecule has 2 amide bonds. The molecule has 8 heteroatoms. The standard InChI is InChI=1S/C24H23N3O4S/c1-27(21-7-3-2-4-8-21)32(30,31)22-9-5-6-18(16-22)24(29)26-19-12-10-17(11-13-19)23(28)25-20-14-15-20/h2-13,16,20H,14-15H2,1H3,(H,25,28)(H,26,29). The molecular formula is C24H23N3O4S. The van der Waals surface area contributed by atoms with Crippen molar-refractivity contribution in [2.75, 3.05) is 16.7 Å². The van der Waals surface area contributed by atoms with Gasteiger partial charge in [-0.25, -0.2) is 8.42 Å². The van der Waals surface area contributed by atoms with Crippen LogP contribution in [-0.2, 0) is 10.0 Å². The number of hydrogen-bond donors (Lipinski definition) is 2. The van der Waals surface area contributed by atoms with Gasteiger partial charge in [-0.15, -0.1) is 0 Å². The van der Waals surface area contributed by atoms with Gasteiger partial charge in [-0.3, -0.25) is 13.9 Å². The fourth-order valence-corrected chi connectivity index (χ4v) is 4.38. The Morgan fingerprint density at radius 1 is 0.844 bits per heavy atom. The molecule has 0 spiro atoms. The largest absolute Gasteiger partial charge is 0.349 e. The minimum Gasteiger partial charge on any atom is -0.349 e. The first-order valence-electron chi connectivity index (χ1n) is 10.2. The summed E-state index contributed by atoms with van der Waals surface area (Å²) in [7, 11) is -2.36. The number of para-hydroxylation sites is 1. The smallest absolute Gasteiger partial charge is 0.264 e. The number of carbonyl (C=O) groups excluding carboxylic acids is 2. The fraction of sp³-hybridized carbons (Fsp3) is 0.167. The molecule has 1 saturated carbocycles. The molecule has 164 valence electrons. The second kappa shape index (κ2) is 8.84. The molecule has 0 atom stereocenters. The summed E-state index contributed by atoms with van der Waals surface area (Å²) >= 11 is 0. The highest BCUT2D eigenvalue weighted by Crippen LogP contribution is 2.23. The highest BCUT2D eigenvalue weighted by molar-refractivity contribution is 7.92. The zero-order chi connectivity index (χ0) is 22.7. The highest BCUT2D eigenvalue weighted by atomic mass is 32.2. The Balaban J connectivity index is 1.48. The number of nitrogens with one attached hydrogen (secondary N) is 2. The quantitative estimate of drug-likeness (QED) is 0.576. The fourth-order valence-electron chi connectivity index (χ4n) is 3.14. The van der Waals surface area contributed by atoms with Gasteiger partial charge in [0.1, 0.15) is 0 Å². The van der Waals surface area contributed by atoms with Crippen LogP contribution in [0.3, 0.4) is 0 Å². The normalized spacial score (nSPS) is 13.3. The lowest BCUT2D eigenvalue weighted by molar-refractivity contribution is 0.0950. The summed E-state index contributed by atoms with van der Waals surface area (Å²) in [6.45, 7) is 0. The van der Waals surface area contributed by atoms with Crippen LogP contribution >= 0.6 is 0 Å². The second-order valence-electron chi connectivity index (χ2n) is 7.62. The first kappa shape index (κ1) is 21.6. The molecule has 32 heavy (non-hydrogen) atoms. The lowest BCUT2D eigenvalue weighted by Gasteiger charge is -2.19. The third-order valence-corrected chi connectivity index (χ3v) is 6.97. The monoisotopic (exact) mass is 449 g/mol. The molecule has 7 nitrogen and oxygen atoms in total. The van der Waals surface area contributed by atoms with E-state index in [1.807, 2.05) is 0 Å². The number of rotatable bonds is 7. The van der Waals surface area contributed by atoms with Crippen LogP contribution in [0.5, 0.6) is 0 Å². The van der Waals surface area contributed by atoms with E-state index in [0.717, 1.165) is 12.8 Å². The van der Waals surface area contributed by atoms with E-state index in [1.165, 1.54) is 29.6 Å². The molecule has 1 fully saturated rings. The number of hydrogen-bond acceptors (Lipinski definition) is 4. The molecule has 0 radical (unpaired) electrons. The number of nitrogens with zero attached hydrogens (tertiary/aromatic N) is 1. The molecule has 0 heterocycles. The number of amides is 2. The third kappa shape index (κ3) is 4.81. The predicted molar refractivity (Wildman–Crippen MR) is 123 cm³/mol. The number of anilines is 2. The van der Waals surface area contributed by atoms with Gasteiger partial charge in [-0.2, -0.15) is 0 Å². The molecule has 1 aliphatic rings. The van der Waals surface area contributed by atoms with Crippen molar-refractivity contribution in [3.8, 4) is 0 Å². The SMILES string of the molecule is CN(c1ccccc1)S(=O)(=O)c1cccc(C(=O)Nc2ccc(C(=O)NC3CC3)cc2)c1. The molecule has 3 aromatic carbocycles. The van der Waals surface area contributed by atoms with Crippen molar-refractivity contribution in [1.29, 1.82) is 0 Å². The molecule has 1 aliphatic carbocycles. The van der Waals surface area contributed by atoms with E-state index in [2.05, 4.69) is 10.6 Å². The van der Waals surface area contributed by atoms with Gasteiger partial charge in [0.25, 0.3) is 21.8 Å². The predicted octanol–water partition coefficient (Wildman–Crippen LogP) is 3.66. The van der Waals surface area contributed by atoms with Gasteiger partial charge in [-0.1, -0.05) is 24.3 Å². The van der Waals surface area contributed by atoms with Crippen LogP contribution in [0.2, 0.25) is 0 Å². The number of sulfonamides is 1. The average molecular weight is 450 g/mol. The molecule has 0 aliphatic heterocycles. The Hall–Kier alpha value is -3.65. The van der Waals surface area contributed by atoms with E-state index in [1.54, 1.807) is 60.7 Å². The average Bonchev–Trinajstić information content (AvgIpc) is 3.63. The number of benzene rings is 3. The van der Waals surface area contributed by atoms with Crippen LogP contribution in [0, 0.1) is 0 Å². The van der Waals surface area contributed by atoms with Crippen molar-refractivity contribution >= 4 is 33.2 Å². The van der Waals surface area contributed by atoms with Crippen molar-refractivity contribution in [1.82, 2.24) is 5.32 Å². The van der Waals surface area contributed by atoms with Gasteiger partial charge in [0.15, 0.2) is 0 Å². The Morgan fingerprint density at radius 3 is 2.19 bits per heavy atom. The van der Waals surface area contributed by atoms with Gasteiger partial charge in [-0.05, 0) is 67.4 Å². The van der Waals surface area contributed by atoms with Gasteiger partial charge >= 0.3 is 0 Å². The van der Waals surface area contributed by atoms with Crippen molar-refractivity contribution in [3.05, 3.63) is 90.0 Å². The van der Waals surface area contributed by atoms with E-state index in [9.17, 15) is 18.0 Å². The summed E-state index contributed by atoms with van der Waals surface area (Å²) in [6.07, 6.45) is 2.02. The van der Waals surface area contributed by atoms with Crippen molar-refractivity contribution in [2.45, 2.75) is 23.8 Å². The Labute approximate surface area is 187 Å². The maximum absolute atomic E-state index is 13.0. The summed E-state index contributed by atoms with van der Waals surface area (Å²) in [4.78, 5) is 24.8. The lowest BCUT2D eigenvalue weighted by Crippen LogP contribution is -2.26. The lowest BCUT2D eigenvalue weighted by atomic mass is 10.1. The summed E-state index contributed by atoms with van der Waals surface area (Å²) in [5.41, 5.74) is 1.76. The summed E-state index contributed by atoms with van der Waals surface area (Å²) in [5.74, 6) is -0.578. The minimum absolute atomic E-state index is 0.0172. The van der Waals surface area contributed by atoms with Crippen molar-refractivity contribution < 1.29 is 18.0 Å². The van der Waals surface area contributed by atoms with E-state index in [-0.39, 0.29) is 22.4 Å². The van der Waals surface area contributed by atoms with Crippen LogP contribution < -0.4 is 14.9 Å². The molecule has 0 unspecified atom stereocenters. The van der Waals surface area contributed by atoms with Crippen molar-refractivity contribution in [3.63, 3.8) is 0 Å². The molecule has 0 saturated heterocycles.